The third kappa shape index (κ3) is 1.48. The summed E-state index contributed by atoms with van der Waals surface area (Å²) in [6, 6.07) is 15.5. The van der Waals surface area contributed by atoms with E-state index in [4.69, 9.17) is 16.0 Å². The van der Waals surface area contributed by atoms with Crippen molar-refractivity contribution in [1.82, 2.24) is 9.38 Å². The van der Waals surface area contributed by atoms with E-state index in [-0.39, 0.29) is 0 Å². The first-order valence-corrected chi connectivity index (χ1v) is 6.32. The monoisotopic (exact) mass is 268 g/mol. The minimum atomic E-state index is 0.668. The zero-order valence-electron chi connectivity index (χ0n) is 9.88. The molecule has 4 aromatic rings. The molecule has 0 bridgehead atoms. The maximum atomic E-state index is 6.29. The van der Waals surface area contributed by atoms with Gasteiger partial charge in [-0.3, -0.25) is 4.40 Å². The van der Waals surface area contributed by atoms with Crippen molar-refractivity contribution in [2.24, 2.45) is 0 Å². The van der Waals surface area contributed by atoms with Crippen LogP contribution in [0.4, 0.5) is 0 Å². The summed E-state index contributed by atoms with van der Waals surface area (Å²) < 4.78 is 7.45. The highest BCUT2D eigenvalue weighted by atomic mass is 35.5. The van der Waals surface area contributed by atoms with E-state index in [1.54, 1.807) is 6.26 Å². The van der Waals surface area contributed by atoms with Crippen molar-refractivity contribution in [3.8, 4) is 11.5 Å². The van der Waals surface area contributed by atoms with Crippen molar-refractivity contribution >= 4 is 28.2 Å². The number of hydrogen-bond donors (Lipinski definition) is 0. The van der Waals surface area contributed by atoms with E-state index in [2.05, 4.69) is 4.98 Å². The highest BCUT2D eigenvalue weighted by Gasteiger charge is 2.13. The molecule has 4 rings (SSSR count). The lowest BCUT2D eigenvalue weighted by atomic mass is 10.2. The molecule has 3 heterocycles. The molecule has 0 atom stereocenters. The third-order valence-electron chi connectivity index (χ3n) is 3.19. The Balaban J connectivity index is 2.24. The van der Waals surface area contributed by atoms with Gasteiger partial charge in [0.15, 0.2) is 5.76 Å². The Bertz CT molecular complexity index is 878. The van der Waals surface area contributed by atoms with E-state index in [1.807, 2.05) is 52.9 Å². The van der Waals surface area contributed by atoms with E-state index in [9.17, 15) is 0 Å². The second-order valence-electron chi connectivity index (χ2n) is 4.30. The zero-order chi connectivity index (χ0) is 12.8. The van der Waals surface area contributed by atoms with Crippen LogP contribution in [0, 0.1) is 0 Å². The van der Waals surface area contributed by atoms with Gasteiger partial charge in [0.25, 0.3) is 0 Å². The average molecular weight is 269 g/mol. The van der Waals surface area contributed by atoms with Crippen molar-refractivity contribution < 1.29 is 4.42 Å². The summed E-state index contributed by atoms with van der Waals surface area (Å²) >= 11 is 6.29. The molecule has 0 aliphatic carbocycles. The van der Waals surface area contributed by atoms with Gasteiger partial charge in [-0.25, -0.2) is 4.98 Å². The maximum absolute atomic E-state index is 6.29. The fourth-order valence-electron chi connectivity index (χ4n) is 2.36. The Morgan fingerprint density at radius 2 is 1.84 bits per heavy atom. The molecule has 3 aromatic heterocycles. The minimum Gasteiger partial charge on any atom is -0.463 e. The molecular weight excluding hydrogens is 260 g/mol. The Morgan fingerprint density at radius 1 is 0.947 bits per heavy atom. The van der Waals surface area contributed by atoms with Crippen molar-refractivity contribution in [1.29, 1.82) is 0 Å². The number of furan rings is 1. The van der Waals surface area contributed by atoms with Crippen LogP contribution in [-0.2, 0) is 0 Å². The summed E-state index contributed by atoms with van der Waals surface area (Å²) in [6.45, 7) is 0. The number of hydrogen-bond acceptors (Lipinski definition) is 2. The molecular formula is C15H9ClN2O. The van der Waals surface area contributed by atoms with Crippen LogP contribution in [0.2, 0.25) is 5.15 Å². The van der Waals surface area contributed by atoms with Crippen LogP contribution < -0.4 is 0 Å². The number of para-hydroxylation sites is 2. The fraction of sp³-hybridized carbons (Fsp3) is 0. The fourth-order valence-corrected chi connectivity index (χ4v) is 2.61. The molecule has 0 saturated heterocycles. The van der Waals surface area contributed by atoms with Crippen molar-refractivity contribution in [2.45, 2.75) is 0 Å². The van der Waals surface area contributed by atoms with Crippen LogP contribution in [0.3, 0.4) is 0 Å². The van der Waals surface area contributed by atoms with Gasteiger partial charge < -0.3 is 4.42 Å². The van der Waals surface area contributed by atoms with Crippen molar-refractivity contribution in [3.63, 3.8) is 0 Å². The van der Waals surface area contributed by atoms with Gasteiger partial charge in [0, 0.05) is 0 Å². The molecule has 1 aromatic carbocycles. The first kappa shape index (κ1) is 10.6. The molecule has 19 heavy (non-hydrogen) atoms. The minimum absolute atomic E-state index is 0.668. The second kappa shape index (κ2) is 3.87. The van der Waals surface area contributed by atoms with Crippen LogP contribution in [0.15, 0.2) is 59.2 Å². The Labute approximate surface area is 114 Å². The van der Waals surface area contributed by atoms with Crippen LogP contribution in [0.1, 0.15) is 0 Å². The quantitative estimate of drug-likeness (QED) is 0.512. The van der Waals surface area contributed by atoms with E-state index < -0.39 is 0 Å². The molecule has 0 radical (unpaired) electrons. The normalized spacial score (nSPS) is 11.4. The summed E-state index contributed by atoms with van der Waals surface area (Å²) in [6.07, 6.45) is 1.65. The topological polar surface area (TPSA) is 30.4 Å². The first-order valence-electron chi connectivity index (χ1n) is 5.94. The van der Waals surface area contributed by atoms with Gasteiger partial charge in [-0.1, -0.05) is 23.7 Å². The van der Waals surface area contributed by atoms with Gasteiger partial charge in [-0.15, -0.1) is 0 Å². The number of nitrogens with zero attached hydrogens (tertiary/aromatic N) is 2. The predicted molar refractivity (Wildman–Crippen MR) is 75.4 cm³/mol. The molecule has 0 amide bonds. The summed E-state index contributed by atoms with van der Waals surface area (Å²) in [5.74, 6) is 0.741. The maximum Gasteiger partial charge on any atom is 0.154 e. The standard InChI is InChI=1S/C15H9ClN2O/c16-14-8-7-12-15(13-6-3-9-19-13)17-10-4-1-2-5-11(10)18(12)14/h1-9H. The van der Waals surface area contributed by atoms with Crippen LogP contribution >= 0.6 is 11.6 Å². The van der Waals surface area contributed by atoms with Crippen LogP contribution in [0.25, 0.3) is 28.0 Å². The van der Waals surface area contributed by atoms with E-state index >= 15 is 0 Å². The molecule has 0 fully saturated rings. The largest absolute Gasteiger partial charge is 0.463 e. The van der Waals surface area contributed by atoms with E-state index in [0.29, 0.717) is 5.15 Å². The van der Waals surface area contributed by atoms with Gasteiger partial charge in [0.05, 0.1) is 22.8 Å². The highest BCUT2D eigenvalue weighted by molar-refractivity contribution is 6.30. The summed E-state index contributed by atoms with van der Waals surface area (Å²) in [5.41, 5.74) is 3.62. The van der Waals surface area contributed by atoms with E-state index in [1.165, 1.54) is 0 Å². The number of halogens is 1. The average Bonchev–Trinajstić information content (AvgIpc) is 3.08. The van der Waals surface area contributed by atoms with Gasteiger partial charge in [0.1, 0.15) is 10.8 Å². The zero-order valence-corrected chi connectivity index (χ0v) is 10.6. The van der Waals surface area contributed by atoms with Crippen LogP contribution in [-0.4, -0.2) is 9.38 Å². The summed E-state index contributed by atoms with van der Waals surface area (Å²) in [7, 11) is 0. The molecule has 92 valence electrons. The Morgan fingerprint density at radius 3 is 2.68 bits per heavy atom. The lowest BCUT2D eigenvalue weighted by Crippen LogP contribution is -1.94. The lowest BCUT2D eigenvalue weighted by Gasteiger charge is -2.07. The summed E-state index contributed by atoms with van der Waals surface area (Å²) in [5, 5.41) is 0.668. The molecule has 0 aliphatic heterocycles. The predicted octanol–water partition coefficient (Wildman–Crippen LogP) is 4.40. The molecule has 0 N–H and O–H groups in total. The molecule has 0 aliphatic rings. The Kier molecular flexibility index (Phi) is 2.17. The third-order valence-corrected chi connectivity index (χ3v) is 3.48. The van der Waals surface area contributed by atoms with E-state index in [0.717, 1.165) is 28.0 Å². The first-order chi connectivity index (χ1) is 9.34. The van der Waals surface area contributed by atoms with Crippen molar-refractivity contribution in [2.75, 3.05) is 0 Å². The number of fused-ring (bicyclic) bond motifs is 3. The molecule has 3 nitrogen and oxygen atoms in total. The Hall–Kier alpha value is -2.26. The van der Waals surface area contributed by atoms with Crippen LogP contribution in [0.5, 0.6) is 0 Å². The van der Waals surface area contributed by atoms with Gasteiger partial charge >= 0.3 is 0 Å². The molecule has 0 spiro atoms. The van der Waals surface area contributed by atoms with Gasteiger partial charge in [0.2, 0.25) is 0 Å². The second-order valence-corrected chi connectivity index (χ2v) is 4.69. The molecule has 0 unspecified atom stereocenters. The van der Waals surface area contributed by atoms with Gasteiger partial charge in [-0.2, -0.15) is 0 Å². The molecule has 4 heteroatoms. The van der Waals surface area contributed by atoms with Gasteiger partial charge in [-0.05, 0) is 36.4 Å². The smallest absolute Gasteiger partial charge is 0.154 e. The number of aromatic nitrogens is 2. The highest BCUT2D eigenvalue weighted by Crippen LogP contribution is 2.30. The lowest BCUT2D eigenvalue weighted by molar-refractivity contribution is 0.581. The SMILES string of the molecule is Clc1ccc2c(-c3ccco3)nc3ccccc3n12. The number of rotatable bonds is 1. The van der Waals surface area contributed by atoms with Crippen molar-refractivity contribution in [3.05, 3.63) is 59.9 Å². The number of benzene rings is 1. The molecule has 0 saturated carbocycles. The summed E-state index contributed by atoms with van der Waals surface area (Å²) in [4.78, 5) is 4.69.